The van der Waals surface area contributed by atoms with E-state index in [2.05, 4.69) is 5.32 Å². The molecule has 5 nitrogen and oxygen atoms in total. The fraction of sp³-hybridized carbons (Fsp3) is 0.316. The standard InChI is InChI=1S/C19H23FN2O3S/c1-14-6-11-18(15(2)13-14)21-19(23)5-4-12-22(3)26(24,25)17-9-7-16(20)8-10-17/h6-11,13H,4-5,12H2,1-3H3,(H,21,23). The summed E-state index contributed by atoms with van der Waals surface area (Å²) in [5, 5.41) is 2.84. The lowest BCUT2D eigenvalue weighted by atomic mass is 10.1. The first-order valence-electron chi connectivity index (χ1n) is 8.29. The van der Waals surface area contributed by atoms with E-state index in [1.165, 1.54) is 23.5 Å². The van der Waals surface area contributed by atoms with Gasteiger partial charge in [0.25, 0.3) is 0 Å². The number of sulfonamides is 1. The Labute approximate surface area is 153 Å². The van der Waals surface area contributed by atoms with Gasteiger partial charge in [-0.15, -0.1) is 0 Å². The van der Waals surface area contributed by atoms with Gasteiger partial charge in [0.05, 0.1) is 4.90 Å². The summed E-state index contributed by atoms with van der Waals surface area (Å²) in [5.74, 6) is -0.654. The van der Waals surface area contributed by atoms with E-state index in [1.807, 2.05) is 32.0 Å². The van der Waals surface area contributed by atoms with E-state index in [9.17, 15) is 17.6 Å². The van der Waals surface area contributed by atoms with Crippen molar-refractivity contribution in [2.75, 3.05) is 18.9 Å². The monoisotopic (exact) mass is 378 g/mol. The summed E-state index contributed by atoms with van der Waals surface area (Å²) in [6, 6.07) is 10.4. The second-order valence-electron chi connectivity index (χ2n) is 6.25. The average molecular weight is 378 g/mol. The maximum Gasteiger partial charge on any atom is 0.242 e. The molecule has 0 fully saturated rings. The molecule has 0 spiro atoms. The molecule has 2 aromatic carbocycles. The number of carbonyl (C=O) groups is 1. The molecule has 2 rings (SSSR count). The molecule has 0 aliphatic carbocycles. The van der Waals surface area contributed by atoms with Gasteiger partial charge in [-0.1, -0.05) is 17.7 Å². The van der Waals surface area contributed by atoms with Gasteiger partial charge in [-0.05, 0) is 56.2 Å². The van der Waals surface area contributed by atoms with E-state index in [1.54, 1.807) is 0 Å². The molecule has 1 N–H and O–H groups in total. The first kappa shape index (κ1) is 20.1. The molecule has 26 heavy (non-hydrogen) atoms. The van der Waals surface area contributed by atoms with Gasteiger partial charge in [0.15, 0.2) is 0 Å². The Bertz CT molecular complexity index is 880. The maximum atomic E-state index is 12.9. The number of halogens is 1. The molecule has 0 bridgehead atoms. The van der Waals surface area contributed by atoms with E-state index in [0.29, 0.717) is 6.42 Å². The highest BCUT2D eigenvalue weighted by Crippen LogP contribution is 2.17. The molecule has 7 heteroatoms. The molecule has 0 aliphatic heterocycles. The van der Waals surface area contributed by atoms with Crippen molar-refractivity contribution >= 4 is 21.6 Å². The maximum absolute atomic E-state index is 12.9. The first-order valence-corrected chi connectivity index (χ1v) is 9.73. The van der Waals surface area contributed by atoms with E-state index in [4.69, 9.17) is 0 Å². The van der Waals surface area contributed by atoms with Crippen molar-refractivity contribution in [1.29, 1.82) is 0 Å². The number of anilines is 1. The van der Waals surface area contributed by atoms with Gasteiger partial charge in [0, 0.05) is 25.7 Å². The van der Waals surface area contributed by atoms with Crippen LogP contribution in [-0.4, -0.2) is 32.2 Å². The highest BCUT2D eigenvalue weighted by Gasteiger charge is 2.20. The fourth-order valence-electron chi connectivity index (χ4n) is 2.54. The summed E-state index contributed by atoms with van der Waals surface area (Å²) in [4.78, 5) is 12.1. The molecular weight excluding hydrogens is 355 g/mol. The first-order chi connectivity index (χ1) is 12.2. The summed E-state index contributed by atoms with van der Waals surface area (Å²) < 4.78 is 38.9. The van der Waals surface area contributed by atoms with Crippen LogP contribution in [0.4, 0.5) is 10.1 Å². The second-order valence-corrected chi connectivity index (χ2v) is 8.30. The van der Waals surface area contributed by atoms with Crippen molar-refractivity contribution in [3.8, 4) is 0 Å². The van der Waals surface area contributed by atoms with Gasteiger partial charge in [0.1, 0.15) is 5.82 Å². The van der Waals surface area contributed by atoms with Crippen LogP contribution in [0.15, 0.2) is 47.4 Å². The van der Waals surface area contributed by atoms with Crippen LogP contribution in [-0.2, 0) is 14.8 Å². The smallest absolute Gasteiger partial charge is 0.242 e. The van der Waals surface area contributed by atoms with Crippen LogP contribution in [0, 0.1) is 19.7 Å². The second kappa shape index (κ2) is 8.42. The topological polar surface area (TPSA) is 66.5 Å². The van der Waals surface area contributed by atoms with E-state index >= 15 is 0 Å². The fourth-order valence-corrected chi connectivity index (χ4v) is 3.74. The third-order valence-corrected chi connectivity index (χ3v) is 5.93. The summed E-state index contributed by atoms with van der Waals surface area (Å²) >= 11 is 0. The van der Waals surface area contributed by atoms with Crippen molar-refractivity contribution < 1.29 is 17.6 Å². The minimum atomic E-state index is -3.69. The molecule has 1 amide bonds. The number of nitrogens with zero attached hydrogens (tertiary/aromatic N) is 1. The van der Waals surface area contributed by atoms with E-state index in [-0.39, 0.29) is 23.8 Å². The van der Waals surface area contributed by atoms with Gasteiger partial charge in [0.2, 0.25) is 15.9 Å². The Kier molecular flexibility index (Phi) is 6.50. The number of hydrogen-bond acceptors (Lipinski definition) is 3. The van der Waals surface area contributed by atoms with Crippen molar-refractivity contribution in [3.05, 3.63) is 59.4 Å². The normalized spacial score (nSPS) is 11.6. The van der Waals surface area contributed by atoms with Gasteiger partial charge in [-0.2, -0.15) is 0 Å². The van der Waals surface area contributed by atoms with Crippen LogP contribution in [0.2, 0.25) is 0 Å². The zero-order valence-electron chi connectivity index (χ0n) is 15.1. The molecule has 0 saturated heterocycles. The molecule has 140 valence electrons. The van der Waals surface area contributed by atoms with Crippen LogP contribution in [0.5, 0.6) is 0 Å². The lowest BCUT2D eigenvalue weighted by Gasteiger charge is -2.17. The summed E-state index contributed by atoms with van der Waals surface area (Å²) in [6.45, 7) is 4.10. The minimum Gasteiger partial charge on any atom is -0.326 e. The van der Waals surface area contributed by atoms with Crippen LogP contribution in [0.25, 0.3) is 0 Å². The number of rotatable bonds is 7. The van der Waals surface area contributed by atoms with Crippen LogP contribution in [0.3, 0.4) is 0 Å². The largest absolute Gasteiger partial charge is 0.326 e. The Morgan fingerprint density at radius 3 is 2.38 bits per heavy atom. The predicted octanol–water partition coefficient (Wildman–Crippen LogP) is 3.48. The van der Waals surface area contributed by atoms with Crippen molar-refractivity contribution in [2.45, 2.75) is 31.6 Å². The average Bonchev–Trinajstić information content (AvgIpc) is 2.57. The molecule has 2 aromatic rings. The van der Waals surface area contributed by atoms with Gasteiger partial charge in [-0.25, -0.2) is 17.1 Å². The molecule has 0 aliphatic rings. The zero-order chi connectivity index (χ0) is 19.3. The minimum absolute atomic E-state index is 0.0288. The van der Waals surface area contributed by atoms with Crippen LogP contribution in [0.1, 0.15) is 24.0 Å². The number of amides is 1. The lowest BCUT2D eigenvalue weighted by molar-refractivity contribution is -0.116. The van der Waals surface area contributed by atoms with Crippen LogP contribution < -0.4 is 5.32 Å². The zero-order valence-corrected chi connectivity index (χ0v) is 15.9. The number of nitrogens with one attached hydrogen (secondary N) is 1. The van der Waals surface area contributed by atoms with E-state index in [0.717, 1.165) is 28.9 Å². The number of benzene rings is 2. The third-order valence-electron chi connectivity index (χ3n) is 4.05. The summed E-state index contributed by atoms with van der Waals surface area (Å²) in [5.41, 5.74) is 2.86. The van der Waals surface area contributed by atoms with Crippen LogP contribution >= 0.6 is 0 Å². The van der Waals surface area contributed by atoms with Crippen molar-refractivity contribution in [2.24, 2.45) is 0 Å². The molecular formula is C19H23FN2O3S. The summed E-state index contributed by atoms with van der Waals surface area (Å²) in [6.07, 6.45) is 0.588. The number of hydrogen-bond donors (Lipinski definition) is 1. The SMILES string of the molecule is Cc1ccc(NC(=O)CCCN(C)S(=O)(=O)c2ccc(F)cc2)c(C)c1. The molecule has 0 aromatic heterocycles. The third kappa shape index (κ3) is 5.12. The van der Waals surface area contributed by atoms with Crippen molar-refractivity contribution in [1.82, 2.24) is 4.31 Å². The van der Waals surface area contributed by atoms with Gasteiger partial charge < -0.3 is 5.32 Å². The highest BCUT2D eigenvalue weighted by molar-refractivity contribution is 7.89. The lowest BCUT2D eigenvalue weighted by Crippen LogP contribution is -2.28. The van der Waals surface area contributed by atoms with Gasteiger partial charge in [-0.3, -0.25) is 4.79 Å². The summed E-state index contributed by atoms with van der Waals surface area (Å²) in [7, 11) is -2.24. The molecule has 0 radical (unpaired) electrons. The number of aryl methyl sites for hydroxylation is 2. The Morgan fingerprint density at radius 2 is 1.77 bits per heavy atom. The quantitative estimate of drug-likeness (QED) is 0.802. The molecule has 0 saturated carbocycles. The molecule has 0 heterocycles. The van der Waals surface area contributed by atoms with E-state index < -0.39 is 15.8 Å². The Balaban J connectivity index is 1.88. The number of carbonyl (C=O) groups excluding carboxylic acids is 1. The van der Waals surface area contributed by atoms with Crippen molar-refractivity contribution in [3.63, 3.8) is 0 Å². The van der Waals surface area contributed by atoms with Gasteiger partial charge >= 0.3 is 0 Å². The predicted molar refractivity (Wildman–Crippen MR) is 100.0 cm³/mol. The Morgan fingerprint density at radius 1 is 1.12 bits per heavy atom. The molecule has 0 atom stereocenters. The highest BCUT2D eigenvalue weighted by atomic mass is 32.2. The Hall–Kier alpha value is -2.25. The molecule has 0 unspecified atom stereocenters.